The van der Waals surface area contributed by atoms with Gasteiger partial charge in [0.15, 0.2) is 0 Å². The van der Waals surface area contributed by atoms with Gasteiger partial charge in [-0.15, -0.1) is 11.3 Å². The zero-order valence-corrected chi connectivity index (χ0v) is 23.3. The molecule has 0 spiro atoms. The monoisotopic (exact) mass is 557 g/mol. The van der Waals surface area contributed by atoms with Gasteiger partial charge >= 0.3 is 0 Å². The average molecular weight is 558 g/mol. The van der Waals surface area contributed by atoms with Crippen LogP contribution in [0, 0.1) is 0 Å². The lowest BCUT2D eigenvalue weighted by atomic mass is 10.0. The third-order valence-corrected chi connectivity index (χ3v) is 10.7. The predicted octanol–water partition coefficient (Wildman–Crippen LogP) is 10.4. The van der Waals surface area contributed by atoms with Crippen LogP contribution in [0.25, 0.3) is 80.9 Å². The van der Waals surface area contributed by atoms with Crippen molar-refractivity contribution >= 4 is 86.8 Å². The van der Waals surface area contributed by atoms with E-state index < -0.39 is 0 Å². The minimum Gasteiger partial charge on any atom is -0.277 e. The van der Waals surface area contributed by atoms with Crippen LogP contribution in [0.4, 0.5) is 0 Å². The first-order valence-electron chi connectivity index (χ1n) is 13.7. The maximum Gasteiger partial charge on any atom is 0.235 e. The molecule has 0 amide bonds. The van der Waals surface area contributed by atoms with Crippen molar-refractivity contribution in [1.82, 2.24) is 14.5 Å². The number of fused-ring (bicyclic) bond motifs is 11. The van der Waals surface area contributed by atoms with Crippen LogP contribution >= 0.6 is 23.1 Å². The molecule has 1 aliphatic heterocycles. The fourth-order valence-electron chi connectivity index (χ4n) is 6.69. The number of para-hydroxylation sites is 1. The Kier molecular flexibility index (Phi) is 4.27. The summed E-state index contributed by atoms with van der Waals surface area (Å²) in [6, 6.07) is 41.5. The second kappa shape index (κ2) is 7.94. The fraction of sp³-hybridized carbons (Fsp3) is 0. The Balaban J connectivity index is 1.39. The summed E-state index contributed by atoms with van der Waals surface area (Å²) in [7, 11) is 0. The van der Waals surface area contributed by atoms with Gasteiger partial charge in [0.1, 0.15) is 0 Å². The van der Waals surface area contributed by atoms with Crippen LogP contribution in [0.2, 0.25) is 0 Å². The van der Waals surface area contributed by atoms with Crippen LogP contribution in [0.15, 0.2) is 125 Å². The molecule has 3 aromatic heterocycles. The van der Waals surface area contributed by atoms with Gasteiger partial charge in [0.05, 0.1) is 22.2 Å². The van der Waals surface area contributed by atoms with Gasteiger partial charge in [-0.2, -0.15) is 0 Å². The molecule has 0 unspecified atom stereocenters. The van der Waals surface area contributed by atoms with Crippen LogP contribution in [0.3, 0.4) is 0 Å². The van der Waals surface area contributed by atoms with Gasteiger partial charge in [-0.1, -0.05) is 90.6 Å². The van der Waals surface area contributed by atoms with Crippen LogP contribution < -0.4 is 0 Å². The van der Waals surface area contributed by atoms with Crippen LogP contribution in [-0.4, -0.2) is 14.5 Å². The molecule has 3 nitrogen and oxygen atoms in total. The van der Waals surface area contributed by atoms with Gasteiger partial charge in [-0.05, 0) is 41.8 Å². The summed E-state index contributed by atoms with van der Waals surface area (Å²) in [4.78, 5) is 13.1. The predicted molar refractivity (Wildman–Crippen MR) is 174 cm³/mol. The lowest BCUT2D eigenvalue weighted by Gasteiger charge is -2.20. The van der Waals surface area contributed by atoms with Crippen molar-refractivity contribution in [3.8, 4) is 17.2 Å². The standard InChI is InChI=1S/C36H19N3S2/c1-4-12-27-20(8-1)22-17-16-21-23(18-19-31-32(21)24-9-2-5-13-28(24)40-31)35(22)39(27)36-37-26-11-7-15-30-33(26)34(38-36)25-10-3-6-14-29(25)41-30/h1-19H. The van der Waals surface area contributed by atoms with Crippen molar-refractivity contribution in [3.63, 3.8) is 0 Å². The molecule has 6 aromatic carbocycles. The van der Waals surface area contributed by atoms with E-state index >= 15 is 0 Å². The van der Waals surface area contributed by atoms with Crippen molar-refractivity contribution in [2.24, 2.45) is 0 Å². The normalized spacial score (nSPS) is 12.8. The Morgan fingerprint density at radius 3 is 2.24 bits per heavy atom. The van der Waals surface area contributed by atoms with Gasteiger partial charge in [-0.3, -0.25) is 4.57 Å². The summed E-state index contributed by atoms with van der Waals surface area (Å²) in [5.74, 6) is 0.709. The molecule has 0 radical (unpaired) electrons. The highest BCUT2D eigenvalue weighted by molar-refractivity contribution is 7.99. The number of aromatic nitrogens is 3. The van der Waals surface area contributed by atoms with Gasteiger partial charge < -0.3 is 0 Å². The van der Waals surface area contributed by atoms with Crippen molar-refractivity contribution in [1.29, 1.82) is 0 Å². The van der Waals surface area contributed by atoms with E-state index in [4.69, 9.17) is 9.97 Å². The minimum absolute atomic E-state index is 0.709. The number of thiophene rings is 1. The maximum atomic E-state index is 5.37. The van der Waals surface area contributed by atoms with E-state index in [1.54, 1.807) is 11.8 Å². The molecule has 190 valence electrons. The van der Waals surface area contributed by atoms with E-state index in [0.29, 0.717) is 5.95 Å². The average Bonchev–Trinajstić information content (AvgIpc) is 3.57. The summed E-state index contributed by atoms with van der Waals surface area (Å²) in [5.41, 5.74) is 5.42. The van der Waals surface area contributed by atoms with Crippen LogP contribution in [0.5, 0.6) is 0 Å². The Morgan fingerprint density at radius 2 is 1.27 bits per heavy atom. The van der Waals surface area contributed by atoms with E-state index in [-0.39, 0.29) is 0 Å². The highest BCUT2D eigenvalue weighted by Gasteiger charge is 2.24. The molecule has 4 heterocycles. The molecule has 9 aromatic rings. The third-order valence-electron chi connectivity index (χ3n) is 8.40. The summed E-state index contributed by atoms with van der Waals surface area (Å²) in [6.07, 6.45) is 0. The van der Waals surface area contributed by atoms with E-state index in [9.17, 15) is 0 Å². The zero-order chi connectivity index (χ0) is 26.7. The molecular weight excluding hydrogens is 539 g/mol. The summed E-state index contributed by atoms with van der Waals surface area (Å²) in [6.45, 7) is 0. The number of nitrogens with zero attached hydrogens (tertiary/aromatic N) is 3. The van der Waals surface area contributed by atoms with Gasteiger partial charge in [-0.25, -0.2) is 9.97 Å². The largest absolute Gasteiger partial charge is 0.277 e. The fourth-order valence-corrected chi connectivity index (χ4v) is 8.91. The molecule has 0 bridgehead atoms. The number of benzene rings is 6. The highest BCUT2D eigenvalue weighted by Crippen LogP contribution is 2.47. The molecular formula is C36H19N3S2. The molecule has 0 N–H and O–H groups in total. The smallest absolute Gasteiger partial charge is 0.235 e. The highest BCUT2D eigenvalue weighted by atomic mass is 32.2. The minimum atomic E-state index is 0.709. The van der Waals surface area contributed by atoms with E-state index in [2.05, 4.69) is 120 Å². The summed E-state index contributed by atoms with van der Waals surface area (Å²) < 4.78 is 4.93. The zero-order valence-electron chi connectivity index (χ0n) is 21.6. The Hall–Kier alpha value is -4.71. The van der Waals surface area contributed by atoms with Crippen molar-refractivity contribution in [3.05, 3.63) is 115 Å². The Morgan fingerprint density at radius 1 is 0.512 bits per heavy atom. The molecule has 0 atom stereocenters. The van der Waals surface area contributed by atoms with Crippen LogP contribution in [0.1, 0.15) is 0 Å². The molecule has 5 heteroatoms. The first-order valence-corrected chi connectivity index (χ1v) is 15.3. The van der Waals surface area contributed by atoms with Crippen LogP contribution in [-0.2, 0) is 0 Å². The van der Waals surface area contributed by atoms with Gasteiger partial charge in [0.2, 0.25) is 5.95 Å². The topological polar surface area (TPSA) is 30.7 Å². The summed E-state index contributed by atoms with van der Waals surface area (Å²) in [5, 5.41) is 8.69. The molecule has 41 heavy (non-hydrogen) atoms. The van der Waals surface area contributed by atoms with E-state index in [1.165, 1.54) is 57.1 Å². The third kappa shape index (κ3) is 2.89. The maximum absolute atomic E-state index is 5.37. The molecule has 0 aliphatic carbocycles. The first-order chi connectivity index (χ1) is 20.3. The van der Waals surface area contributed by atoms with Crippen molar-refractivity contribution < 1.29 is 0 Å². The van der Waals surface area contributed by atoms with Crippen molar-refractivity contribution in [2.75, 3.05) is 0 Å². The molecule has 0 fully saturated rings. The quantitative estimate of drug-likeness (QED) is 0.201. The van der Waals surface area contributed by atoms with Gasteiger partial charge in [0, 0.05) is 57.1 Å². The number of hydrogen-bond donors (Lipinski definition) is 0. The second-order valence-electron chi connectivity index (χ2n) is 10.6. The molecule has 0 saturated heterocycles. The first kappa shape index (κ1) is 22.0. The Labute approximate surface area is 242 Å². The molecule has 10 rings (SSSR count). The van der Waals surface area contributed by atoms with Gasteiger partial charge in [0.25, 0.3) is 0 Å². The number of hydrogen-bond acceptors (Lipinski definition) is 4. The Bertz CT molecular complexity index is 2570. The lowest BCUT2D eigenvalue weighted by molar-refractivity contribution is 1.01. The number of rotatable bonds is 1. The molecule has 1 aliphatic rings. The second-order valence-corrected chi connectivity index (χ2v) is 12.7. The van der Waals surface area contributed by atoms with E-state index in [1.807, 2.05) is 11.3 Å². The van der Waals surface area contributed by atoms with E-state index in [0.717, 1.165) is 27.6 Å². The summed E-state index contributed by atoms with van der Waals surface area (Å²) >= 11 is 3.66. The molecule has 0 saturated carbocycles. The van der Waals surface area contributed by atoms with Crippen molar-refractivity contribution in [2.45, 2.75) is 9.79 Å². The SMILES string of the molecule is c1ccc2c(c1)Sc1cccc3nc(-n4c5ccccc5c5ccc6c(ccc7sc8ccccc8c76)c54)nc-2c13. The lowest BCUT2D eigenvalue weighted by Crippen LogP contribution is -2.05.